The number of fused-ring (bicyclic) bond motifs is 36. The zero-order chi connectivity index (χ0) is 78.8. The summed E-state index contributed by atoms with van der Waals surface area (Å²) in [4.78, 5) is 0. The van der Waals surface area contributed by atoms with Crippen molar-refractivity contribution in [1.82, 2.24) is 0 Å². The molecule has 0 saturated carbocycles. The van der Waals surface area contributed by atoms with Gasteiger partial charge in [-0.1, -0.05) is 291 Å². The fraction of sp³-hybridized carbons (Fsp3) is 0.0270. The number of nitrogens with one attached hydrogen (secondary N) is 3. The number of anilines is 6. The molecule has 9 nitrogen and oxygen atoms in total. The van der Waals surface area contributed by atoms with Crippen LogP contribution < -0.4 is 30.2 Å². The monoisotopic (exact) mass is 1540 g/mol. The van der Waals surface area contributed by atoms with Crippen molar-refractivity contribution in [2.45, 2.75) is 16.2 Å². The minimum absolute atomic E-state index is 0.448. The number of ether oxygens (including phenoxy) is 3. The first-order valence-electron chi connectivity index (χ1n) is 40.8. The van der Waals surface area contributed by atoms with Gasteiger partial charge in [-0.3, -0.25) is 0 Å². The number of hydrogen-bond acceptors (Lipinski definition) is 9. The molecular weight excluding hydrogens is 1470 g/mol. The summed E-state index contributed by atoms with van der Waals surface area (Å²) in [6, 6.07) is 141. The van der Waals surface area contributed by atoms with Gasteiger partial charge in [-0.2, -0.15) is 0 Å². The van der Waals surface area contributed by atoms with E-state index in [0.29, 0.717) is 0 Å². The molecule has 0 unspecified atom stereocenters. The molecule has 21 aromatic rings. The maximum Gasteiger partial charge on any atom is 0.155 e. The minimum atomic E-state index is -0.483. The number of hydrogen-bond donors (Lipinski definition) is 3. The van der Waals surface area contributed by atoms with Gasteiger partial charge in [0.2, 0.25) is 0 Å². The molecular formula is C111H69N3O6. The van der Waals surface area contributed by atoms with Crippen LogP contribution in [0.2, 0.25) is 0 Å². The molecule has 9 heteroatoms. The molecule has 0 saturated heterocycles. The molecule has 0 fully saturated rings. The van der Waals surface area contributed by atoms with Crippen LogP contribution in [0, 0.1) is 0 Å². The van der Waals surface area contributed by atoms with Crippen LogP contribution in [-0.2, 0) is 16.2 Å². The molecule has 0 bridgehead atoms. The van der Waals surface area contributed by atoms with E-state index in [-0.39, 0.29) is 0 Å². The van der Waals surface area contributed by atoms with Crippen molar-refractivity contribution in [3.8, 4) is 67.9 Å². The van der Waals surface area contributed by atoms with Crippen molar-refractivity contribution < 1.29 is 27.5 Å². The lowest BCUT2D eigenvalue weighted by Crippen LogP contribution is -2.32. The molecule has 3 spiro atoms. The second kappa shape index (κ2) is 26.1. The predicted molar refractivity (Wildman–Crippen MR) is 482 cm³/mol. The molecule has 3 aliphatic carbocycles. The summed E-state index contributed by atoms with van der Waals surface area (Å²) in [7, 11) is 0. The van der Waals surface area contributed by atoms with Gasteiger partial charge in [-0.05, 0) is 170 Å². The molecule has 18 aromatic carbocycles. The normalized spacial score (nSPS) is 13.9. The number of para-hydroxylation sites is 7. The molecule has 120 heavy (non-hydrogen) atoms. The summed E-state index contributed by atoms with van der Waals surface area (Å²) in [5.74, 6) is 5.25. The second-order valence-corrected chi connectivity index (χ2v) is 31.6. The van der Waals surface area contributed by atoms with Crippen molar-refractivity contribution in [3.05, 3.63) is 467 Å². The first-order valence-corrected chi connectivity index (χ1v) is 40.8. The van der Waals surface area contributed by atoms with E-state index in [2.05, 4.69) is 344 Å². The van der Waals surface area contributed by atoms with E-state index in [1.807, 2.05) is 72.8 Å². The lowest BCUT2D eigenvalue weighted by molar-refractivity contribution is 0.436. The van der Waals surface area contributed by atoms with E-state index in [0.717, 1.165) is 151 Å². The molecule has 564 valence electrons. The third-order valence-electron chi connectivity index (χ3n) is 25.6. The SMILES string of the molecule is c1ccc2c(c1)Oc1c(Nc3cccc4oc5ccccc5c34)cccc1C21c2ccccc2-c2ccccc21.c1ccc2c(c1)Oc1cc(Nc3cccc4oc5ccccc5c34)ccc1C21c2ccccc2-c2ccccc21.c1ccc2c(c1)Oc1ccc(Nc3cccc4oc5ccccc5c34)cc1C21c2ccccc2-c2ccccc21. The van der Waals surface area contributed by atoms with Gasteiger partial charge in [0.15, 0.2) is 5.75 Å². The topological polar surface area (TPSA) is 103 Å². The summed E-state index contributed by atoms with van der Waals surface area (Å²) in [6.07, 6.45) is 0. The van der Waals surface area contributed by atoms with Crippen molar-refractivity contribution in [1.29, 1.82) is 0 Å². The Hall–Kier alpha value is -15.8. The molecule has 6 heterocycles. The van der Waals surface area contributed by atoms with E-state index >= 15 is 0 Å². The lowest BCUT2D eigenvalue weighted by atomic mass is 9.66. The summed E-state index contributed by atoms with van der Waals surface area (Å²) in [6.45, 7) is 0. The second-order valence-electron chi connectivity index (χ2n) is 31.6. The Labute approximate surface area is 690 Å². The Morgan fingerprint density at radius 2 is 0.458 bits per heavy atom. The summed E-state index contributed by atoms with van der Waals surface area (Å²) >= 11 is 0. The van der Waals surface area contributed by atoms with E-state index in [1.54, 1.807) is 0 Å². The van der Waals surface area contributed by atoms with Crippen LogP contribution >= 0.6 is 0 Å². The highest BCUT2D eigenvalue weighted by Gasteiger charge is 2.54. The summed E-state index contributed by atoms with van der Waals surface area (Å²) in [5, 5.41) is 17.7. The van der Waals surface area contributed by atoms with Crippen molar-refractivity contribution >= 4 is 99.9 Å². The fourth-order valence-electron chi connectivity index (χ4n) is 20.9. The zero-order valence-corrected chi connectivity index (χ0v) is 64.6. The third kappa shape index (κ3) is 9.59. The number of benzene rings is 18. The van der Waals surface area contributed by atoms with Crippen LogP contribution in [0.15, 0.2) is 414 Å². The minimum Gasteiger partial charge on any atom is -0.457 e. The molecule has 0 radical (unpaired) electrons. The average molecular weight is 1540 g/mol. The molecule has 0 atom stereocenters. The molecule has 3 aromatic heterocycles. The summed E-state index contributed by atoms with van der Waals surface area (Å²) < 4.78 is 38.5. The Balaban J connectivity index is 0.0000000997. The standard InChI is InChI=1S/3C37H23NO2/c1-4-14-26-23(11-1)24-12-2-5-15-27(24)37(26)28-16-6-8-21-33(28)40-36-29(37)17-9-19-31(36)38-30-18-10-22-34-35(30)25-13-3-7-20-32(25)39-34;1-4-13-27-24(10-1)25-11-2-5-14-28(25)37(27)29-15-6-8-18-33(29)40-34-21-20-23(22-30(34)37)38-31-16-9-19-35-36(31)26-12-3-7-17-32(26)39-35;1-4-13-27-24(10-1)25-11-2-5-14-28(25)37(27)29-15-6-8-18-33(29)40-35-22-23(20-21-30(35)37)38-31-16-9-19-34-36(31)26-12-3-7-17-32(26)39-34/h3*1-22,38H. The van der Waals surface area contributed by atoms with Crippen LogP contribution in [0.4, 0.5) is 34.1 Å². The van der Waals surface area contributed by atoms with Gasteiger partial charge in [0.05, 0.1) is 55.2 Å². The smallest absolute Gasteiger partial charge is 0.155 e. The van der Waals surface area contributed by atoms with Gasteiger partial charge in [0, 0.05) is 67.0 Å². The van der Waals surface area contributed by atoms with Crippen LogP contribution in [0.1, 0.15) is 66.8 Å². The van der Waals surface area contributed by atoms with Gasteiger partial charge < -0.3 is 43.4 Å². The quantitative estimate of drug-likeness (QED) is 0.150. The Morgan fingerprint density at radius 1 is 0.175 bits per heavy atom. The van der Waals surface area contributed by atoms with E-state index in [4.69, 9.17) is 27.5 Å². The average Bonchev–Trinajstić information content (AvgIpc) is 1.54. The van der Waals surface area contributed by atoms with Crippen LogP contribution in [0.5, 0.6) is 34.5 Å². The lowest BCUT2D eigenvalue weighted by Gasteiger charge is -2.40. The molecule has 27 rings (SSSR count). The van der Waals surface area contributed by atoms with Gasteiger partial charge in [0.1, 0.15) is 62.2 Å². The van der Waals surface area contributed by atoms with Crippen LogP contribution in [0.25, 0.3) is 99.2 Å². The van der Waals surface area contributed by atoms with E-state index in [1.165, 1.54) is 83.5 Å². The Bertz CT molecular complexity index is 7630. The maximum atomic E-state index is 6.79. The first-order chi connectivity index (χ1) is 59.5. The highest BCUT2D eigenvalue weighted by molar-refractivity contribution is 6.15. The highest BCUT2D eigenvalue weighted by atomic mass is 16.5. The Kier molecular flexibility index (Phi) is 14.7. The van der Waals surface area contributed by atoms with Gasteiger partial charge in [0.25, 0.3) is 0 Å². The van der Waals surface area contributed by atoms with Crippen LogP contribution in [-0.4, -0.2) is 0 Å². The van der Waals surface area contributed by atoms with Gasteiger partial charge in [-0.25, -0.2) is 0 Å². The number of rotatable bonds is 6. The molecule has 6 aliphatic rings. The first kappa shape index (κ1) is 67.5. The van der Waals surface area contributed by atoms with E-state index in [9.17, 15) is 0 Å². The van der Waals surface area contributed by atoms with Crippen LogP contribution in [0.3, 0.4) is 0 Å². The molecule has 0 amide bonds. The van der Waals surface area contributed by atoms with Crippen molar-refractivity contribution in [3.63, 3.8) is 0 Å². The largest absolute Gasteiger partial charge is 0.457 e. The zero-order valence-electron chi connectivity index (χ0n) is 64.6. The van der Waals surface area contributed by atoms with Gasteiger partial charge >= 0.3 is 0 Å². The fourth-order valence-corrected chi connectivity index (χ4v) is 20.9. The number of furan rings is 3. The van der Waals surface area contributed by atoms with E-state index < -0.39 is 16.2 Å². The Morgan fingerprint density at radius 3 is 0.892 bits per heavy atom. The predicted octanol–water partition coefficient (Wildman–Crippen LogP) is 29.4. The third-order valence-corrected chi connectivity index (χ3v) is 25.6. The maximum absolute atomic E-state index is 6.79. The van der Waals surface area contributed by atoms with Crippen molar-refractivity contribution in [2.24, 2.45) is 0 Å². The molecule has 3 N–H and O–H groups in total. The highest BCUT2D eigenvalue weighted by Crippen LogP contribution is 2.67. The molecule has 3 aliphatic heterocycles. The van der Waals surface area contributed by atoms with Gasteiger partial charge in [-0.15, -0.1) is 0 Å². The van der Waals surface area contributed by atoms with Crippen molar-refractivity contribution in [2.75, 3.05) is 16.0 Å². The summed E-state index contributed by atoms with van der Waals surface area (Å²) in [5.41, 5.74) is 32.0.